The smallest absolute Gasteiger partial charge is 0.327 e. The van der Waals surface area contributed by atoms with Crippen LogP contribution in [0.5, 0.6) is 0 Å². The third kappa shape index (κ3) is 3.85. The van der Waals surface area contributed by atoms with Crippen LogP contribution in [0.2, 0.25) is 0 Å². The van der Waals surface area contributed by atoms with E-state index in [0.717, 1.165) is 10.5 Å². The van der Waals surface area contributed by atoms with E-state index in [1.165, 1.54) is 18.2 Å². The van der Waals surface area contributed by atoms with Crippen molar-refractivity contribution in [3.05, 3.63) is 54.2 Å². The molecule has 2 aromatic rings. The third-order valence-electron chi connectivity index (χ3n) is 3.93. The van der Waals surface area contributed by atoms with Gasteiger partial charge in [0.1, 0.15) is 18.8 Å². The highest BCUT2D eigenvalue weighted by Crippen LogP contribution is 2.13. The Morgan fingerprint density at radius 2 is 2.00 bits per heavy atom. The van der Waals surface area contributed by atoms with Crippen molar-refractivity contribution < 1.29 is 18.8 Å². The molecule has 25 heavy (non-hydrogen) atoms. The summed E-state index contributed by atoms with van der Waals surface area (Å²) in [6, 6.07) is 6.67. The fourth-order valence-corrected chi connectivity index (χ4v) is 2.59. The number of carbonyl (C=O) groups is 3. The average molecular weight is 342 g/mol. The van der Waals surface area contributed by atoms with Crippen LogP contribution in [-0.2, 0) is 22.7 Å². The minimum absolute atomic E-state index is 0.00531. The Kier molecular flexibility index (Phi) is 4.78. The number of pyridine rings is 1. The number of aromatic nitrogens is 1. The molecule has 2 aromatic heterocycles. The minimum atomic E-state index is -0.458. The molecular weight excluding hydrogens is 324 g/mol. The number of nitrogens with zero attached hydrogens (tertiary/aromatic N) is 4. The Labute approximate surface area is 144 Å². The van der Waals surface area contributed by atoms with Crippen molar-refractivity contribution in [2.75, 3.05) is 20.1 Å². The van der Waals surface area contributed by atoms with E-state index in [0.29, 0.717) is 12.3 Å². The molecule has 1 aliphatic rings. The van der Waals surface area contributed by atoms with Crippen LogP contribution in [0.25, 0.3) is 0 Å². The molecule has 0 N–H and O–H groups in total. The number of hydrogen-bond acceptors (Lipinski definition) is 5. The molecule has 0 saturated carbocycles. The average Bonchev–Trinajstić information content (AvgIpc) is 3.19. The van der Waals surface area contributed by atoms with Gasteiger partial charge in [-0.1, -0.05) is 0 Å². The van der Waals surface area contributed by atoms with Crippen LogP contribution in [0.4, 0.5) is 4.79 Å². The second-order valence-electron chi connectivity index (χ2n) is 5.80. The lowest BCUT2D eigenvalue weighted by Gasteiger charge is -2.24. The molecule has 1 aliphatic heterocycles. The van der Waals surface area contributed by atoms with Crippen LogP contribution >= 0.6 is 0 Å². The maximum absolute atomic E-state index is 12.7. The molecule has 3 rings (SSSR count). The van der Waals surface area contributed by atoms with Crippen molar-refractivity contribution >= 4 is 17.8 Å². The van der Waals surface area contributed by atoms with E-state index >= 15 is 0 Å². The van der Waals surface area contributed by atoms with Crippen molar-refractivity contribution in [1.82, 2.24) is 19.7 Å². The first-order valence-corrected chi connectivity index (χ1v) is 7.79. The van der Waals surface area contributed by atoms with Gasteiger partial charge in [-0.3, -0.25) is 19.5 Å². The maximum atomic E-state index is 12.7. The fraction of sp³-hybridized carbons (Fsp3) is 0.294. The van der Waals surface area contributed by atoms with E-state index in [9.17, 15) is 14.4 Å². The van der Waals surface area contributed by atoms with Crippen LogP contribution < -0.4 is 0 Å². The Morgan fingerprint density at radius 1 is 1.24 bits per heavy atom. The number of amides is 4. The highest BCUT2D eigenvalue weighted by atomic mass is 16.3. The predicted octanol–water partition coefficient (Wildman–Crippen LogP) is 1.10. The van der Waals surface area contributed by atoms with Gasteiger partial charge in [0.2, 0.25) is 5.91 Å². The number of likely N-dealkylation sites (N-methyl/N-ethyl adjacent to an activating group) is 1. The van der Waals surface area contributed by atoms with Crippen molar-refractivity contribution in [2.45, 2.75) is 13.1 Å². The molecule has 8 nitrogen and oxygen atoms in total. The molecule has 0 bridgehead atoms. The standard InChI is InChI=1S/C17H18N4O4/c1-19-11-16(23)21(17(19)24)12-15(22)20(10-14-3-2-8-25-14)9-13-4-6-18-7-5-13/h2-8H,9-12H2,1H3. The zero-order valence-electron chi connectivity index (χ0n) is 13.8. The van der Waals surface area contributed by atoms with Gasteiger partial charge in [-0.05, 0) is 29.8 Å². The van der Waals surface area contributed by atoms with Gasteiger partial charge in [0.05, 0.1) is 12.8 Å². The summed E-state index contributed by atoms with van der Waals surface area (Å²) in [4.78, 5) is 44.4. The SMILES string of the molecule is CN1CC(=O)N(CC(=O)N(Cc2ccncc2)Cc2ccco2)C1=O. The zero-order valence-corrected chi connectivity index (χ0v) is 13.8. The van der Waals surface area contributed by atoms with Gasteiger partial charge in [-0.25, -0.2) is 4.79 Å². The van der Waals surface area contributed by atoms with Gasteiger partial charge in [0.15, 0.2) is 0 Å². The summed E-state index contributed by atoms with van der Waals surface area (Å²) >= 11 is 0. The second-order valence-corrected chi connectivity index (χ2v) is 5.80. The van der Waals surface area contributed by atoms with E-state index in [2.05, 4.69) is 4.98 Å². The number of imide groups is 1. The van der Waals surface area contributed by atoms with E-state index in [-0.39, 0.29) is 31.4 Å². The first-order chi connectivity index (χ1) is 12.0. The summed E-state index contributed by atoms with van der Waals surface area (Å²) in [5.41, 5.74) is 0.895. The van der Waals surface area contributed by atoms with Crippen LogP contribution in [0.3, 0.4) is 0 Å². The maximum Gasteiger partial charge on any atom is 0.327 e. The zero-order chi connectivity index (χ0) is 17.8. The summed E-state index contributed by atoms with van der Waals surface area (Å²) in [6.45, 7) is 0.288. The number of urea groups is 1. The molecule has 0 unspecified atom stereocenters. The van der Waals surface area contributed by atoms with Crippen molar-refractivity contribution in [2.24, 2.45) is 0 Å². The Bertz CT molecular complexity index is 760. The molecule has 3 heterocycles. The topological polar surface area (TPSA) is 87.0 Å². The highest BCUT2D eigenvalue weighted by Gasteiger charge is 2.35. The number of carbonyl (C=O) groups excluding carboxylic acids is 3. The minimum Gasteiger partial charge on any atom is -0.467 e. The molecule has 0 atom stereocenters. The van der Waals surface area contributed by atoms with Gasteiger partial charge < -0.3 is 14.2 Å². The Hall–Kier alpha value is -3.16. The van der Waals surface area contributed by atoms with Gasteiger partial charge in [-0.2, -0.15) is 0 Å². The number of hydrogen-bond donors (Lipinski definition) is 0. The van der Waals surface area contributed by atoms with E-state index < -0.39 is 6.03 Å². The molecule has 0 aromatic carbocycles. The lowest BCUT2D eigenvalue weighted by atomic mass is 10.2. The van der Waals surface area contributed by atoms with E-state index in [1.807, 2.05) is 12.1 Å². The molecule has 130 valence electrons. The predicted molar refractivity (Wildman–Crippen MR) is 86.9 cm³/mol. The molecule has 1 fully saturated rings. The molecular formula is C17H18N4O4. The molecule has 8 heteroatoms. The lowest BCUT2D eigenvalue weighted by Crippen LogP contribution is -2.42. The van der Waals surface area contributed by atoms with Gasteiger partial charge in [0, 0.05) is 26.0 Å². The van der Waals surface area contributed by atoms with Crippen LogP contribution in [-0.4, -0.2) is 57.7 Å². The van der Waals surface area contributed by atoms with Crippen LogP contribution in [0.1, 0.15) is 11.3 Å². The normalized spacial score (nSPS) is 14.3. The summed E-state index contributed by atoms with van der Waals surface area (Å²) in [7, 11) is 1.53. The fourth-order valence-electron chi connectivity index (χ4n) is 2.59. The quantitative estimate of drug-likeness (QED) is 0.734. The monoisotopic (exact) mass is 342 g/mol. The largest absolute Gasteiger partial charge is 0.467 e. The summed E-state index contributed by atoms with van der Waals surface area (Å²) in [5, 5.41) is 0. The first kappa shape index (κ1) is 16.7. The van der Waals surface area contributed by atoms with Gasteiger partial charge in [-0.15, -0.1) is 0 Å². The van der Waals surface area contributed by atoms with Crippen molar-refractivity contribution in [3.63, 3.8) is 0 Å². The molecule has 0 spiro atoms. The Morgan fingerprint density at radius 3 is 2.60 bits per heavy atom. The summed E-state index contributed by atoms with van der Waals surface area (Å²) < 4.78 is 5.32. The first-order valence-electron chi connectivity index (χ1n) is 7.79. The van der Waals surface area contributed by atoms with Gasteiger partial charge in [0.25, 0.3) is 5.91 Å². The highest BCUT2D eigenvalue weighted by molar-refractivity contribution is 6.04. The molecule has 4 amide bonds. The van der Waals surface area contributed by atoms with Crippen molar-refractivity contribution in [1.29, 1.82) is 0 Å². The van der Waals surface area contributed by atoms with E-state index in [1.54, 1.807) is 29.4 Å². The van der Waals surface area contributed by atoms with Crippen LogP contribution in [0.15, 0.2) is 47.3 Å². The molecule has 0 aliphatic carbocycles. The number of rotatable bonds is 6. The van der Waals surface area contributed by atoms with Crippen LogP contribution in [0, 0.1) is 0 Å². The third-order valence-corrected chi connectivity index (χ3v) is 3.93. The van der Waals surface area contributed by atoms with E-state index in [4.69, 9.17) is 4.42 Å². The number of furan rings is 1. The summed E-state index contributed by atoms with van der Waals surface area (Å²) in [5.74, 6) is -0.0773. The molecule has 1 saturated heterocycles. The Balaban J connectivity index is 1.74. The van der Waals surface area contributed by atoms with Gasteiger partial charge >= 0.3 is 6.03 Å². The summed E-state index contributed by atoms with van der Waals surface area (Å²) in [6.07, 6.45) is 4.83. The lowest BCUT2D eigenvalue weighted by molar-refractivity contribution is -0.137. The van der Waals surface area contributed by atoms with Crippen molar-refractivity contribution in [3.8, 4) is 0 Å². The molecule has 0 radical (unpaired) electrons. The second kappa shape index (κ2) is 7.16.